The number of nitrogens with two attached hydrogens (primary N) is 1. The van der Waals surface area contributed by atoms with Crippen LogP contribution in [0.4, 0.5) is 0 Å². The van der Waals surface area contributed by atoms with Crippen molar-refractivity contribution in [3.63, 3.8) is 0 Å². The van der Waals surface area contributed by atoms with Crippen LogP contribution < -0.4 is 11.1 Å². The Kier molecular flexibility index (Phi) is 4.60. The van der Waals surface area contributed by atoms with Crippen LogP contribution in [0.25, 0.3) is 0 Å². The minimum absolute atomic E-state index is 0.149. The van der Waals surface area contributed by atoms with E-state index in [1.165, 1.54) is 0 Å². The SMILES string of the molecule is COCC(C)(C)NC(=O)c1ccnc(CN)c1. The summed E-state index contributed by atoms with van der Waals surface area (Å²) in [6, 6.07) is 3.36. The van der Waals surface area contributed by atoms with Gasteiger partial charge >= 0.3 is 0 Å². The Morgan fingerprint density at radius 3 is 2.88 bits per heavy atom. The Morgan fingerprint density at radius 2 is 2.29 bits per heavy atom. The average Bonchev–Trinajstić information content (AvgIpc) is 2.28. The quantitative estimate of drug-likeness (QED) is 0.790. The van der Waals surface area contributed by atoms with Crippen LogP contribution in [0.3, 0.4) is 0 Å². The zero-order chi connectivity index (χ0) is 12.9. The lowest BCUT2D eigenvalue weighted by Gasteiger charge is -2.25. The molecule has 0 saturated heterocycles. The summed E-state index contributed by atoms with van der Waals surface area (Å²) in [5.74, 6) is -0.149. The molecule has 1 rings (SSSR count). The molecule has 0 aliphatic carbocycles. The third kappa shape index (κ3) is 4.13. The first-order chi connectivity index (χ1) is 7.98. The molecule has 1 aromatic heterocycles. The van der Waals surface area contributed by atoms with Crippen molar-refractivity contribution in [3.05, 3.63) is 29.6 Å². The molecule has 1 heterocycles. The van der Waals surface area contributed by atoms with Crippen molar-refractivity contribution >= 4 is 5.91 Å². The maximum Gasteiger partial charge on any atom is 0.251 e. The smallest absolute Gasteiger partial charge is 0.251 e. The Bertz CT molecular complexity index is 391. The van der Waals surface area contributed by atoms with E-state index in [9.17, 15) is 4.79 Å². The van der Waals surface area contributed by atoms with Crippen molar-refractivity contribution in [1.29, 1.82) is 0 Å². The molecule has 0 aromatic carbocycles. The number of methoxy groups -OCH3 is 1. The summed E-state index contributed by atoms with van der Waals surface area (Å²) in [6.45, 7) is 4.58. The van der Waals surface area contributed by atoms with Crippen molar-refractivity contribution in [2.45, 2.75) is 25.9 Å². The first kappa shape index (κ1) is 13.6. The summed E-state index contributed by atoms with van der Waals surface area (Å²) >= 11 is 0. The van der Waals surface area contributed by atoms with E-state index in [-0.39, 0.29) is 5.91 Å². The lowest BCUT2D eigenvalue weighted by atomic mass is 10.1. The molecule has 1 aromatic rings. The second-order valence-corrected chi connectivity index (χ2v) is 4.51. The monoisotopic (exact) mass is 237 g/mol. The summed E-state index contributed by atoms with van der Waals surface area (Å²) < 4.78 is 5.04. The van der Waals surface area contributed by atoms with E-state index in [1.54, 1.807) is 25.4 Å². The van der Waals surface area contributed by atoms with Crippen LogP contribution in [-0.2, 0) is 11.3 Å². The van der Waals surface area contributed by atoms with Gasteiger partial charge in [-0.25, -0.2) is 0 Å². The number of hydrogen-bond acceptors (Lipinski definition) is 4. The van der Waals surface area contributed by atoms with E-state index in [4.69, 9.17) is 10.5 Å². The number of amides is 1. The average molecular weight is 237 g/mol. The predicted molar refractivity (Wildman–Crippen MR) is 65.5 cm³/mol. The fraction of sp³-hybridized carbons (Fsp3) is 0.500. The number of carbonyl (C=O) groups excluding carboxylic acids is 1. The van der Waals surface area contributed by atoms with E-state index in [0.29, 0.717) is 24.4 Å². The molecule has 0 radical (unpaired) electrons. The molecule has 5 heteroatoms. The second-order valence-electron chi connectivity index (χ2n) is 4.51. The van der Waals surface area contributed by atoms with Gasteiger partial charge < -0.3 is 15.8 Å². The minimum atomic E-state index is -0.405. The summed E-state index contributed by atoms with van der Waals surface area (Å²) in [4.78, 5) is 16.0. The van der Waals surface area contributed by atoms with Gasteiger partial charge in [-0.15, -0.1) is 0 Å². The molecule has 0 aliphatic heterocycles. The zero-order valence-electron chi connectivity index (χ0n) is 10.5. The van der Waals surface area contributed by atoms with Crippen molar-refractivity contribution in [2.75, 3.05) is 13.7 Å². The number of carbonyl (C=O) groups is 1. The fourth-order valence-corrected chi connectivity index (χ4v) is 1.51. The van der Waals surface area contributed by atoms with Gasteiger partial charge in [-0.2, -0.15) is 0 Å². The molecule has 17 heavy (non-hydrogen) atoms. The van der Waals surface area contributed by atoms with Gasteiger partial charge in [0.1, 0.15) is 0 Å². The van der Waals surface area contributed by atoms with Crippen LogP contribution in [0, 0.1) is 0 Å². The summed E-state index contributed by atoms with van der Waals surface area (Å²) in [5.41, 5.74) is 6.33. The highest BCUT2D eigenvalue weighted by Gasteiger charge is 2.21. The largest absolute Gasteiger partial charge is 0.382 e. The Balaban J connectivity index is 2.75. The van der Waals surface area contributed by atoms with E-state index in [2.05, 4.69) is 10.3 Å². The van der Waals surface area contributed by atoms with E-state index in [1.807, 2.05) is 13.8 Å². The highest BCUT2D eigenvalue weighted by atomic mass is 16.5. The number of ether oxygens (including phenoxy) is 1. The Morgan fingerprint density at radius 1 is 1.59 bits per heavy atom. The maximum absolute atomic E-state index is 12.0. The van der Waals surface area contributed by atoms with Crippen molar-refractivity contribution in [2.24, 2.45) is 5.73 Å². The van der Waals surface area contributed by atoms with Crippen molar-refractivity contribution in [3.8, 4) is 0 Å². The van der Waals surface area contributed by atoms with Gasteiger partial charge in [-0.05, 0) is 26.0 Å². The Hall–Kier alpha value is -1.46. The molecule has 0 saturated carbocycles. The number of pyridine rings is 1. The molecular weight excluding hydrogens is 218 g/mol. The third-order valence-electron chi connectivity index (χ3n) is 2.24. The number of nitrogens with one attached hydrogen (secondary N) is 1. The fourth-order valence-electron chi connectivity index (χ4n) is 1.51. The van der Waals surface area contributed by atoms with E-state index >= 15 is 0 Å². The Labute approximate surface area is 101 Å². The molecule has 0 aliphatic rings. The van der Waals surface area contributed by atoms with Gasteiger partial charge in [-0.1, -0.05) is 0 Å². The molecule has 94 valence electrons. The first-order valence-electron chi connectivity index (χ1n) is 5.45. The number of aromatic nitrogens is 1. The zero-order valence-corrected chi connectivity index (χ0v) is 10.5. The van der Waals surface area contributed by atoms with Crippen LogP contribution in [0.2, 0.25) is 0 Å². The van der Waals surface area contributed by atoms with Gasteiger partial charge in [0.25, 0.3) is 5.91 Å². The molecule has 0 bridgehead atoms. The van der Waals surface area contributed by atoms with Gasteiger partial charge in [0.05, 0.1) is 17.8 Å². The van der Waals surface area contributed by atoms with Crippen molar-refractivity contribution in [1.82, 2.24) is 10.3 Å². The molecular formula is C12H19N3O2. The number of hydrogen-bond donors (Lipinski definition) is 2. The first-order valence-corrected chi connectivity index (χ1v) is 5.45. The molecule has 5 nitrogen and oxygen atoms in total. The topological polar surface area (TPSA) is 77.2 Å². The van der Waals surface area contributed by atoms with Gasteiger partial charge in [0.15, 0.2) is 0 Å². The lowest BCUT2D eigenvalue weighted by Crippen LogP contribution is -2.46. The van der Waals surface area contributed by atoms with Crippen LogP contribution in [0.15, 0.2) is 18.3 Å². The maximum atomic E-state index is 12.0. The van der Waals surface area contributed by atoms with E-state index < -0.39 is 5.54 Å². The molecule has 0 atom stereocenters. The minimum Gasteiger partial charge on any atom is -0.382 e. The predicted octanol–water partition coefficient (Wildman–Crippen LogP) is 0.695. The molecule has 1 amide bonds. The standard InChI is InChI=1S/C12H19N3O2/c1-12(2,8-17-3)15-11(16)9-4-5-14-10(6-9)7-13/h4-6H,7-8,13H2,1-3H3,(H,15,16). The number of nitrogens with zero attached hydrogens (tertiary/aromatic N) is 1. The lowest BCUT2D eigenvalue weighted by molar-refractivity contribution is 0.0820. The van der Waals surface area contributed by atoms with Gasteiger partial charge in [0, 0.05) is 25.4 Å². The van der Waals surface area contributed by atoms with Crippen LogP contribution in [0.5, 0.6) is 0 Å². The van der Waals surface area contributed by atoms with Crippen molar-refractivity contribution < 1.29 is 9.53 Å². The van der Waals surface area contributed by atoms with Crippen LogP contribution in [0.1, 0.15) is 29.9 Å². The summed E-state index contributed by atoms with van der Waals surface area (Å²) in [7, 11) is 1.60. The molecule has 0 unspecified atom stereocenters. The highest BCUT2D eigenvalue weighted by Crippen LogP contribution is 2.07. The molecule has 0 spiro atoms. The van der Waals surface area contributed by atoms with E-state index in [0.717, 1.165) is 0 Å². The van der Waals surface area contributed by atoms with Gasteiger partial charge in [0.2, 0.25) is 0 Å². The van der Waals surface area contributed by atoms with Crippen LogP contribution >= 0.6 is 0 Å². The third-order valence-corrected chi connectivity index (χ3v) is 2.24. The van der Waals surface area contributed by atoms with Crippen LogP contribution in [-0.4, -0.2) is 30.1 Å². The number of rotatable bonds is 5. The van der Waals surface area contributed by atoms with Gasteiger partial charge in [-0.3, -0.25) is 9.78 Å². The highest BCUT2D eigenvalue weighted by molar-refractivity contribution is 5.94. The normalized spacial score (nSPS) is 11.3. The summed E-state index contributed by atoms with van der Waals surface area (Å²) in [5, 5.41) is 2.89. The molecule has 0 fully saturated rings. The summed E-state index contributed by atoms with van der Waals surface area (Å²) in [6.07, 6.45) is 1.58. The second kappa shape index (κ2) is 5.75. The molecule has 3 N–H and O–H groups in total.